The molecular weight excluding hydrogens is 192 g/mol. The Balaban J connectivity index is 3.66. The van der Waals surface area contributed by atoms with Gasteiger partial charge in [0.2, 0.25) is 0 Å². The highest BCUT2D eigenvalue weighted by Gasteiger charge is 2.21. The van der Waals surface area contributed by atoms with Crippen molar-refractivity contribution in [2.75, 3.05) is 33.7 Å². The van der Waals surface area contributed by atoms with Crippen LogP contribution in [0.2, 0.25) is 0 Å². The van der Waals surface area contributed by atoms with Crippen molar-refractivity contribution < 1.29 is 10.2 Å². The molecule has 15 heavy (non-hydrogen) atoms. The van der Waals surface area contributed by atoms with Crippen molar-refractivity contribution in [1.82, 2.24) is 10.2 Å². The number of aliphatic hydroxyl groups is 2. The van der Waals surface area contributed by atoms with Crippen LogP contribution in [0.25, 0.3) is 0 Å². The van der Waals surface area contributed by atoms with Crippen molar-refractivity contribution in [2.45, 2.75) is 38.4 Å². The molecule has 0 aliphatic rings. The van der Waals surface area contributed by atoms with Gasteiger partial charge in [0.1, 0.15) is 0 Å². The van der Waals surface area contributed by atoms with Crippen molar-refractivity contribution in [3.8, 4) is 0 Å². The van der Waals surface area contributed by atoms with Crippen molar-refractivity contribution in [3.05, 3.63) is 0 Å². The first-order valence-corrected chi connectivity index (χ1v) is 5.43. The number of nitrogens with zero attached hydrogens (tertiary/aromatic N) is 1. The van der Waals surface area contributed by atoms with E-state index >= 15 is 0 Å². The van der Waals surface area contributed by atoms with E-state index in [0.717, 1.165) is 0 Å². The van der Waals surface area contributed by atoms with Gasteiger partial charge in [-0.15, -0.1) is 0 Å². The molecule has 0 aliphatic carbocycles. The maximum atomic E-state index is 9.95. The van der Waals surface area contributed by atoms with E-state index in [1.807, 2.05) is 25.9 Å². The van der Waals surface area contributed by atoms with Gasteiger partial charge in [0.25, 0.3) is 0 Å². The van der Waals surface area contributed by atoms with Gasteiger partial charge in [-0.2, -0.15) is 0 Å². The molecule has 0 spiro atoms. The average molecular weight is 218 g/mol. The molecule has 0 aromatic heterocycles. The Labute approximate surface area is 93.3 Å². The Kier molecular flexibility index (Phi) is 5.73. The Morgan fingerprint density at radius 2 is 1.67 bits per heavy atom. The maximum absolute atomic E-state index is 9.95. The second kappa shape index (κ2) is 5.80. The molecular formula is C11H26N2O2. The van der Waals surface area contributed by atoms with Gasteiger partial charge in [0, 0.05) is 13.1 Å². The molecule has 0 amide bonds. The van der Waals surface area contributed by atoms with Gasteiger partial charge in [-0.1, -0.05) is 0 Å². The van der Waals surface area contributed by atoms with Gasteiger partial charge in [-0.25, -0.2) is 0 Å². The quantitative estimate of drug-likeness (QED) is 0.529. The van der Waals surface area contributed by atoms with Gasteiger partial charge in [-0.3, -0.25) is 0 Å². The van der Waals surface area contributed by atoms with E-state index in [-0.39, 0.29) is 0 Å². The second-order valence-corrected chi connectivity index (χ2v) is 5.47. The predicted octanol–water partition coefficient (Wildman–Crippen LogP) is 0.0496. The van der Waals surface area contributed by atoms with Crippen LogP contribution < -0.4 is 5.32 Å². The largest absolute Gasteiger partial charge is 0.390 e. The van der Waals surface area contributed by atoms with Gasteiger partial charge in [-0.05, 0) is 47.8 Å². The number of hydrogen-bond acceptors (Lipinski definition) is 4. The van der Waals surface area contributed by atoms with Crippen LogP contribution in [0, 0.1) is 0 Å². The normalized spacial score (nSPS) is 16.8. The molecule has 3 N–H and O–H groups in total. The number of rotatable bonds is 7. The Bertz CT molecular complexity index is 174. The summed E-state index contributed by atoms with van der Waals surface area (Å²) in [6.07, 6.45) is 0.686. The van der Waals surface area contributed by atoms with Crippen LogP contribution in [-0.4, -0.2) is 60.0 Å². The molecule has 0 aromatic rings. The predicted molar refractivity (Wildman–Crippen MR) is 63.0 cm³/mol. The molecule has 0 fully saturated rings. The summed E-state index contributed by atoms with van der Waals surface area (Å²) in [7, 11) is 3.87. The standard InChI is InChI=1S/C11H26N2O2/c1-10(2,14)6-7-12-8-11(3,15)9-13(4)5/h12,14-15H,6-9H2,1-5H3. The third-order valence-electron chi connectivity index (χ3n) is 2.08. The molecule has 1 unspecified atom stereocenters. The minimum absolute atomic E-state index is 0.543. The highest BCUT2D eigenvalue weighted by molar-refractivity contribution is 4.78. The zero-order chi connectivity index (χ0) is 12.1. The number of nitrogens with one attached hydrogen (secondary N) is 1. The van der Waals surface area contributed by atoms with Crippen LogP contribution in [0.1, 0.15) is 27.2 Å². The van der Waals surface area contributed by atoms with Gasteiger partial charge in [0.05, 0.1) is 11.2 Å². The number of hydrogen-bond donors (Lipinski definition) is 3. The van der Waals surface area contributed by atoms with E-state index < -0.39 is 11.2 Å². The SMILES string of the molecule is CN(C)CC(C)(O)CNCCC(C)(C)O. The first-order chi connectivity index (χ1) is 6.62. The first-order valence-electron chi connectivity index (χ1n) is 5.43. The van der Waals surface area contributed by atoms with E-state index in [2.05, 4.69) is 5.32 Å². The fourth-order valence-corrected chi connectivity index (χ4v) is 1.49. The van der Waals surface area contributed by atoms with Crippen molar-refractivity contribution in [2.24, 2.45) is 0 Å². The first kappa shape index (κ1) is 14.8. The third-order valence-corrected chi connectivity index (χ3v) is 2.08. The molecule has 4 nitrogen and oxygen atoms in total. The minimum Gasteiger partial charge on any atom is -0.390 e. The van der Waals surface area contributed by atoms with E-state index in [0.29, 0.717) is 26.1 Å². The summed E-state index contributed by atoms with van der Waals surface area (Å²) in [6.45, 7) is 7.26. The molecule has 0 saturated carbocycles. The zero-order valence-corrected chi connectivity index (χ0v) is 10.7. The van der Waals surface area contributed by atoms with Crippen LogP contribution in [-0.2, 0) is 0 Å². The maximum Gasteiger partial charge on any atom is 0.0869 e. The van der Waals surface area contributed by atoms with Crippen molar-refractivity contribution in [1.29, 1.82) is 0 Å². The topological polar surface area (TPSA) is 55.7 Å². The number of likely N-dealkylation sites (N-methyl/N-ethyl adjacent to an activating group) is 1. The second-order valence-electron chi connectivity index (χ2n) is 5.47. The summed E-state index contributed by atoms with van der Waals surface area (Å²) in [4.78, 5) is 1.96. The Hall–Kier alpha value is -0.160. The molecule has 0 heterocycles. The van der Waals surface area contributed by atoms with E-state index in [4.69, 9.17) is 0 Å². The Morgan fingerprint density at radius 3 is 2.07 bits per heavy atom. The lowest BCUT2D eigenvalue weighted by atomic mass is 10.0. The van der Waals surface area contributed by atoms with E-state index in [9.17, 15) is 10.2 Å². The molecule has 4 heteroatoms. The molecule has 1 atom stereocenters. The minimum atomic E-state index is -0.719. The summed E-state index contributed by atoms with van der Waals surface area (Å²) in [5.74, 6) is 0. The molecule has 0 aromatic carbocycles. The zero-order valence-electron chi connectivity index (χ0n) is 10.7. The van der Waals surface area contributed by atoms with Crippen LogP contribution in [0.15, 0.2) is 0 Å². The Morgan fingerprint density at radius 1 is 1.13 bits per heavy atom. The fraction of sp³-hybridized carbons (Fsp3) is 1.00. The van der Waals surface area contributed by atoms with Crippen LogP contribution in [0.5, 0.6) is 0 Å². The average Bonchev–Trinajstić information content (AvgIpc) is 1.93. The summed E-state index contributed by atoms with van der Waals surface area (Å²) in [5, 5.41) is 22.6. The molecule has 92 valence electrons. The summed E-state index contributed by atoms with van der Waals surface area (Å²) in [6, 6.07) is 0. The fourth-order valence-electron chi connectivity index (χ4n) is 1.49. The van der Waals surface area contributed by atoms with Crippen molar-refractivity contribution in [3.63, 3.8) is 0 Å². The summed E-state index contributed by atoms with van der Waals surface area (Å²) >= 11 is 0. The molecule has 0 rings (SSSR count). The summed E-state index contributed by atoms with van der Waals surface area (Å²) < 4.78 is 0. The van der Waals surface area contributed by atoms with Gasteiger partial charge in [0.15, 0.2) is 0 Å². The van der Waals surface area contributed by atoms with E-state index in [1.165, 1.54) is 0 Å². The lowest BCUT2D eigenvalue weighted by molar-refractivity contribution is 0.0297. The molecule has 0 saturated heterocycles. The lowest BCUT2D eigenvalue weighted by Crippen LogP contribution is -2.46. The van der Waals surface area contributed by atoms with Crippen LogP contribution in [0.3, 0.4) is 0 Å². The highest BCUT2D eigenvalue weighted by atomic mass is 16.3. The highest BCUT2D eigenvalue weighted by Crippen LogP contribution is 2.06. The third kappa shape index (κ3) is 10.1. The van der Waals surface area contributed by atoms with E-state index in [1.54, 1.807) is 13.8 Å². The van der Waals surface area contributed by atoms with Gasteiger partial charge < -0.3 is 20.4 Å². The smallest absolute Gasteiger partial charge is 0.0869 e. The van der Waals surface area contributed by atoms with Gasteiger partial charge >= 0.3 is 0 Å². The van der Waals surface area contributed by atoms with Crippen LogP contribution in [0.4, 0.5) is 0 Å². The van der Waals surface area contributed by atoms with Crippen LogP contribution >= 0.6 is 0 Å². The monoisotopic (exact) mass is 218 g/mol. The molecule has 0 radical (unpaired) electrons. The lowest BCUT2D eigenvalue weighted by Gasteiger charge is -2.27. The molecule has 0 bridgehead atoms. The summed E-state index contributed by atoms with van der Waals surface area (Å²) in [5.41, 5.74) is -1.36. The molecule has 0 aliphatic heterocycles. The van der Waals surface area contributed by atoms with Crippen molar-refractivity contribution >= 4 is 0 Å².